The van der Waals surface area contributed by atoms with Crippen LogP contribution in [0.2, 0.25) is 0 Å². The molecule has 16 N–H and O–H groups in total. The van der Waals surface area contributed by atoms with Gasteiger partial charge in [0.1, 0.15) is 23.3 Å². The topological polar surface area (TPSA) is 624 Å². The fourth-order valence-corrected chi connectivity index (χ4v) is 5.69. The number of hydrogen-bond donors (Lipinski definition) is 8. The Balaban J connectivity index is -0.000000158. The number of anilines is 8. The summed E-state index contributed by atoms with van der Waals surface area (Å²) < 4.78 is 32.9. The van der Waals surface area contributed by atoms with Crippen LogP contribution in [0.1, 0.15) is 264 Å². The number of hydrogen-bond acceptors (Lipinski definition) is 40. The largest absolute Gasteiger partial charge is 0.462 e. The first kappa shape index (κ1) is 123. The first-order valence-corrected chi connectivity index (χ1v) is 38.3. The van der Waals surface area contributed by atoms with Crippen LogP contribution in [0.5, 0.6) is 0 Å². The Bertz CT molecular complexity index is 3460. The molecule has 0 unspecified atom stereocenters. The lowest BCUT2D eigenvalue weighted by molar-refractivity contribution is 0.0502. The van der Waals surface area contributed by atoms with Gasteiger partial charge in [0.25, 0.3) is 0 Å². The van der Waals surface area contributed by atoms with E-state index in [0.29, 0.717) is 80.5 Å². The van der Waals surface area contributed by atoms with Gasteiger partial charge in [0.05, 0.1) is 118 Å². The summed E-state index contributed by atoms with van der Waals surface area (Å²) in [5.74, 6) is -1.45. The smallest absolute Gasteiger partial charge is 0.376 e. The first-order valence-electron chi connectivity index (χ1n) is 38.3. The highest BCUT2D eigenvalue weighted by Crippen LogP contribution is 2.06. The first-order chi connectivity index (χ1) is 56.7. The molecule has 0 saturated carbocycles. The quantitative estimate of drug-likeness (QED) is 0.0370. The van der Waals surface area contributed by atoms with Gasteiger partial charge in [0.15, 0.2) is 17.1 Å². The maximum Gasteiger partial charge on any atom is 0.376 e. The zero-order valence-electron chi connectivity index (χ0n) is 74.2. The second-order valence-electron chi connectivity index (χ2n) is 17.8. The van der Waals surface area contributed by atoms with Gasteiger partial charge in [-0.15, -0.1) is 20.4 Å². The molecule has 0 fully saturated rings. The van der Waals surface area contributed by atoms with Crippen LogP contribution in [0.4, 0.5) is 46.5 Å². The van der Waals surface area contributed by atoms with Crippen LogP contribution in [-0.2, 0) is 33.2 Å². The van der Waals surface area contributed by atoms with Crippen LogP contribution in [0, 0.1) is 20.8 Å². The third kappa shape index (κ3) is 67.0. The van der Waals surface area contributed by atoms with Gasteiger partial charge in [-0.05, 0) is 106 Å². The zero-order chi connectivity index (χ0) is 92.8. The Labute approximate surface area is 696 Å². The zero-order valence-corrected chi connectivity index (χ0v) is 74.2. The average molecular weight is 1660 g/mol. The van der Waals surface area contributed by atoms with E-state index in [1.54, 1.807) is 79.9 Å². The van der Waals surface area contributed by atoms with Gasteiger partial charge in [-0.1, -0.05) is 125 Å². The second kappa shape index (κ2) is 87.4. The van der Waals surface area contributed by atoms with Crippen molar-refractivity contribution in [1.82, 2.24) is 90.4 Å². The van der Waals surface area contributed by atoms with E-state index in [9.17, 15) is 33.6 Å². The molecule has 0 amide bonds. The van der Waals surface area contributed by atoms with Gasteiger partial charge < -0.3 is 79.0 Å². The Morgan fingerprint density at radius 2 is 0.712 bits per heavy atom. The van der Waals surface area contributed by atoms with E-state index in [-0.39, 0.29) is 52.1 Å². The Morgan fingerprint density at radius 1 is 0.280 bits per heavy atom. The SMILES string of the molecule is CC.CC.CC.CC.CC.CC.CC.CC.CC.CCOC(=O)c1cc(N)cnn1.CCOC(=O)c1ccc(N)nn1.CCOC(=O)c1cnc(N)cn1.CCOC(=O)c1cnc(N)nc1.CCOC(=O)c1cnnc(N)c1.CCOC(=O)c1ncc(N)cn1.CCOC(=O)c1nccc(C)n1.Cc1ccnc(N)n1.Cc1cncc(N)n1. The summed E-state index contributed by atoms with van der Waals surface area (Å²) in [6, 6.07) is 9.34. The van der Waals surface area contributed by atoms with Gasteiger partial charge in [-0.2, -0.15) is 10.2 Å². The molecule has 0 atom stereocenters. The van der Waals surface area contributed by atoms with Crippen molar-refractivity contribution >= 4 is 88.3 Å². The van der Waals surface area contributed by atoms with E-state index in [1.807, 2.05) is 138 Å². The summed E-state index contributed by atoms with van der Waals surface area (Å²) >= 11 is 0. The maximum absolute atomic E-state index is 11.1. The van der Waals surface area contributed by atoms with Gasteiger partial charge in [-0.3, -0.25) is 4.98 Å². The van der Waals surface area contributed by atoms with Crippen LogP contribution in [0.15, 0.2) is 111 Å². The number of nitrogen functional groups attached to an aromatic ring is 8. The van der Waals surface area contributed by atoms with E-state index in [1.165, 1.54) is 86.2 Å². The number of nitrogens with two attached hydrogens (primary N) is 8. The van der Waals surface area contributed by atoms with Crippen LogP contribution >= 0.6 is 0 Å². The molecule has 40 nitrogen and oxygen atoms in total. The van der Waals surface area contributed by atoms with E-state index in [0.717, 1.165) is 17.1 Å². The van der Waals surface area contributed by atoms with Crippen molar-refractivity contribution in [3.8, 4) is 0 Å². The number of ether oxygens (including phenoxy) is 7. The highest BCUT2D eigenvalue weighted by molar-refractivity contribution is 5.90. The molecule has 40 heteroatoms. The fourth-order valence-electron chi connectivity index (χ4n) is 5.69. The van der Waals surface area contributed by atoms with Crippen molar-refractivity contribution in [1.29, 1.82) is 0 Å². The summed E-state index contributed by atoms with van der Waals surface area (Å²) in [5, 5.41) is 21.1. The lowest BCUT2D eigenvalue weighted by Crippen LogP contribution is -2.09. The number of aromatic nitrogens is 18. The molecule has 0 aromatic carbocycles. The molecular formula is C78H132N26O14. The molecule has 0 bridgehead atoms. The summed E-state index contributed by atoms with van der Waals surface area (Å²) in [4.78, 5) is 122. The molecule has 9 aromatic heterocycles. The van der Waals surface area contributed by atoms with Crippen LogP contribution in [-0.4, -0.2) is 178 Å². The van der Waals surface area contributed by atoms with Crippen molar-refractivity contribution in [2.24, 2.45) is 0 Å². The lowest BCUT2D eigenvalue weighted by Gasteiger charge is -1.99. The Hall–Kier alpha value is -13.6. The van der Waals surface area contributed by atoms with Crippen molar-refractivity contribution < 1.29 is 66.7 Å². The third-order valence-electron chi connectivity index (χ3n) is 9.82. The number of carbonyl (C=O) groups is 7. The highest BCUT2D eigenvalue weighted by Gasteiger charge is 2.13. The molecule has 0 saturated heterocycles. The third-order valence-corrected chi connectivity index (χ3v) is 9.82. The molecule has 9 rings (SSSR count). The van der Waals surface area contributed by atoms with Gasteiger partial charge in [0, 0.05) is 42.4 Å². The molecular weight excluding hydrogens is 1530 g/mol. The van der Waals surface area contributed by atoms with Gasteiger partial charge >= 0.3 is 41.8 Å². The van der Waals surface area contributed by atoms with Crippen molar-refractivity contribution in [3.05, 3.63) is 168 Å². The van der Waals surface area contributed by atoms with Crippen LogP contribution in [0.3, 0.4) is 0 Å². The number of esters is 7. The number of rotatable bonds is 14. The highest BCUT2D eigenvalue weighted by atomic mass is 16.6. The summed E-state index contributed by atoms with van der Waals surface area (Å²) in [5.41, 5.74) is 46.8. The minimum Gasteiger partial charge on any atom is -0.462 e. The van der Waals surface area contributed by atoms with Crippen molar-refractivity contribution in [2.45, 2.75) is 194 Å². The lowest BCUT2D eigenvalue weighted by atomic mass is 10.3. The van der Waals surface area contributed by atoms with E-state index >= 15 is 0 Å². The molecule has 0 aliphatic carbocycles. The van der Waals surface area contributed by atoms with Crippen LogP contribution < -0.4 is 45.9 Å². The normalized spacial score (nSPS) is 8.41. The van der Waals surface area contributed by atoms with Crippen molar-refractivity contribution in [2.75, 3.05) is 92.1 Å². The summed E-state index contributed by atoms with van der Waals surface area (Å²) in [6.45, 7) is 55.9. The molecule has 118 heavy (non-hydrogen) atoms. The Morgan fingerprint density at radius 3 is 1.10 bits per heavy atom. The minimum absolute atomic E-state index is 0.0334. The second-order valence-corrected chi connectivity index (χ2v) is 17.8. The average Bonchev–Trinajstić information content (AvgIpc) is 0.908. The van der Waals surface area contributed by atoms with Gasteiger partial charge in [-0.25, -0.2) is 88.4 Å². The predicted molar refractivity (Wildman–Crippen MR) is 462 cm³/mol. The number of nitrogens with zero attached hydrogens (tertiary/aromatic N) is 18. The minimum atomic E-state index is -0.530. The van der Waals surface area contributed by atoms with E-state index < -0.39 is 41.8 Å². The molecule has 0 spiro atoms. The van der Waals surface area contributed by atoms with E-state index in [2.05, 4.69) is 109 Å². The molecule has 9 heterocycles. The monoisotopic (exact) mass is 1660 g/mol. The number of carbonyl (C=O) groups excluding carboxylic acids is 7. The molecule has 0 aliphatic heterocycles. The summed E-state index contributed by atoms with van der Waals surface area (Å²) in [7, 11) is 0. The number of aryl methyl sites for hydroxylation is 3. The molecule has 0 radical (unpaired) electrons. The predicted octanol–water partition coefficient (Wildman–Crippen LogP) is 12.3. The summed E-state index contributed by atoms with van der Waals surface area (Å²) in [6.07, 6.45) is 17.0. The van der Waals surface area contributed by atoms with E-state index in [4.69, 9.17) is 60.1 Å². The molecule has 0 aliphatic rings. The molecule has 9 aromatic rings. The molecule has 658 valence electrons. The fraction of sp³-hybridized carbons (Fsp3) is 0.449. The standard InChI is InChI=1S/C8H10N2O2.6C7H9N3O2.2C5H7N3.9C2H6/c1-3-12-8(11)7-9-5-4-6(2)10-7;1-2-12-7(11)5-3-10-6(8)4-9-5;1-2-12-7(11)6-9-3-5(8)4-10-6;1-2-12-6(11)5-3-9-7(8)10-4-5;1-2-12-7(11)6-3-5(8)4-9-10-6;1-2-12-7(11)5-3-6(8)10-9-4-5;1-2-12-7(11)5-3-4-6(8)10-9-5;1-4-2-7-3-5(6)8-4;1-4-2-3-7-5(6)8-4;9*1-2/h4-5H,3H2,1-2H3;3-4H,2H2,1H3,(H2,8,10);3-4H,2,8H2,1H3;3-4H,2H2,1H3,(H2,8,9,10);3*3-4H,2H2,1H3,(H2,8,10);2-3H,1H3,(H2,6,8);2-3H,1H3,(H2,6,7,8);9*1-2H3. The van der Waals surface area contributed by atoms with Crippen molar-refractivity contribution in [3.63, 3.8) is 0 Å². The van der Waals surface area contributed by atoms with Gasteiger partial charge in [0.2, 0.25) is 23.5 Å². The Kier molecular flexibility index (Phi) is 90.8. The maximum atomic E-state index is 11.1. The van der Waals surface area contributed by atoms with Crippen LogP contribution in [0.25, 0.3) is 0 Å².